The highest BCUT2D eigenvalue weighted by Crippen LogP contribution is 2.31. The fraction of sp³-hybridized carbons (Fsp3) is 0.273. The zero-order valence-corrected chi connectivity index (χ0v) is 18.0. The molecule has 0 saturated carbocycles. The molecule has 8 heteroatoms. The van der Waals surface area contributed by atoms with Crippen LogP contribution in [0.1, 0.15) is 48.0 Å². The molecule has 1 amide bonds. The number of nitrogens with zero attached hydrogens (tertiary/aromatic N) is 2. The Morgan fingerprint density at radius 2 is 1.70 bits per heavy atom. The quantitative estimate of drug-likeness (QED) is 0.668. The van der Waals surface area contributed by atoms with Crippen LogP contribution >= 0.6 is 0 Å². The number of aromatic nitrogens is 2. The lowest BCUT2D eigenvalue weighted by Crippen LogP contribution is -2.26. The molecular weight excluding hydrogens is 400 g/mol. The van der Waals surface area contributed by atoms with Crippen molar-refractivity contribution in [2.75, 3.05) is 5.32 Å². The van der Waals surface area contributed by atoms with Gasteiger partial charge in [0, 0.05) is 17.7 Å². The summed E-state index contributed by atoms with van der Waals surface area (Å²) in [5.74, 6) is 0.159. The second-order valence-corrected chi connectivity index (χ2v) is 10.3. The molecule has 0 bridgehead atoms. The summed E-state index contributed by atoms with van der Waals surface area (Å²) in [5.41, 5.74) is 2.98. The van der Waals surface area contributed by atoms with E-state index in [1.54, 1.807) is 42.5 Å². The first-order valence-electron chi connectivity index (χ1n) is 9.69. The van der Waals surface area contributed by atoms with Crippen LogP contribution in [0.25, 0.3) is 0 Å². The molecule has 0 spiro atoms. The third-order valence-corrected chi connectivity index (χ3v) is 7.05. The highest BCUT2D eigenvalue weighted by Gasteiger charge is 2.34. The summed E-state index contributed by atoms with van der Waals surface area (Å²) in [6.07, 6.45) is 0. The number of hydrogen-bond acceptors (Lipinski definition) is 4. The Hall–Kier alpha value is -2.97. The Kier molecular flexibility index (Phi) is 4.99. The number of amides is 1. The first-order chi connectivity index (χ1) is 14.2. The number of fused-ring (bicyclic) bond motifs is 1. The first-order valence-corrected chi connectivity index (χ1v) is 11.1. The number of carbonyl (C=O) groups is 1. The molecule has 1 aliphatic rings. The smallest absolute Gasteiger partial charge is 0.256 e. The SMILES string of the molecule is CC(C)(C)c1ccc(C(=O)Nc2[nH]nc3c2CN(S(=O)(=O)c2ccccc2)C3)cc1. The molecule has 7 nitrogen and oxygen atoms in total. The van der Waals surface area contributed by atoms with Crippen molar-refractivity contribution in [3.05, 3.63) is 77.0 Å². The molecule has 1 aromatic heterocycles. The van der Waals surface area contributed by atoms with E-state index in [0.29, 0.717) is 22.6 Å². The highest BCUT2D eigenvalue weighted by molar-refractivity contribution is 7.89. The minimum Gasteiger partial charge on any atom is -0.307 e. The maximum absolute atomic E-state index is 12.9. The summed E-state index contributed by atoms with van der Waals surface area (Å²) >= 11 is 0. The fourth-order valence-electron chi connectivity index (χ4n) is 3.43. The number of rotatable bonds is 4. The van der Waals surface area contributed by atoms with Crippen molar-refractivity contribution in [2.24, 2.45) is 0 Å². The van der Waals surface area contributed by atoms with E-state index in [-0.39, 0.29) is 29.3 Å². The molecular formula is C22H24N4O3S. The van der Waals surface area contributed by atoms with E-state index >= 15 is 0 Å². The van der Waals surface area contributed by atoms with Gasteiger partial charge in [-0.05, 0) is 35.2 Å². The Balaban J connectivity index is 1.50. The standard InChI is InChI=1S/C22H24N4O3S/c1-22(2,3)16-11-9-15(10-12-16)21(27)23-20-18-13-26(14-19(18)24-25-20)30(28,29)17-7-5-4-6-8-17/h4-12H,13-14H2,1-3H3,(H2,23,24,25,27). The van der Waals surface area contributed by atoms with Gasteiger partial charge in [-0.25, -0.2) is 8.42 Å². The Labute approximate surface area is 176 Å². The van der Waals surface area contributed by atoms with Gasteiger partial charge in [-0.3, -0.25) is 9.89 Å². The minimum atomic E-state index is -3.63. The fourth-order valence-corrected chi connectivity index (χ4v) is 4.82. The lowest BCUT2D eigenvalue weighted by atomic mass is 9.87. The number of benzene rings is 2. The van der Waals surface area contributed by atoms with Gasteiger partial charge in [0.2, 0.25) is 10.0 Å². The van der Waals surface area contributed by atoms with Gasteiger partial charge in [0.25, 0.3) is 5.91 Å². The van der Waals surface area contributed by atoms with E-state index < -0.39 is 10.0 Å². The summed E-state index contributed by atoms with van der Waals surface area (Å²) in [7, 11) is -3.63. The molecule has 1 aliphatic heterocycles. The lowest BCUT2D eigenvalue weighted by Gasteiger charge is -2.19. The number of nitrogens with one attached hydrogen (secondary N) is 2. The number of aromatic amines is 1. The van der Waals surface area contributed by atoms with Crippen LogP contribution in [0.3, 0.4) is 0 Å². The zero-order chi connectivity index (χ0) is 21.5. The van der Waals surface area contributed by atoms with Crippen LogP contribution in [-0.4, -0.2) is 28.8 Å². The van der Waals surface area contributed by atoms with Crippen LogP contribution in [0.5, 0.6) is 0 Å². The number of anilines is 1. The van der Waals surface area contributed by atoms with Crippen LogP contribution in [-0.2, 0) is 28.5 Å². The van der Waals surface area contributed by atoms with E-state index in [0.717, 1.165) is 5.56 Å². The van der Waals surface area contributed by atoms with E-state index in [1.165, 1.54) is 4.31 Å². The summed E-state index contributed by atoms with van der Waals surface area (Å²) in [4.78, 5) is 12.9. The largest absolute Gasteiger partial charge is 0.307 e. The highest BCUT2D eigenvalue weighted by atomic mass is 32.2. The molecule has 2 aromatic carbocycles. The van der Waals surface area contributed by atoms with Gasteiger partial charge < -0.3 is 5.32 Å². The second-order valence-electron chi connectivity index (χ2n) is 8.39. The van der Waals surface area contributed by atoms with E-state index in [4.69, 9.17) is 0 Å². The third-order valence-electron chi connectivity index (χ3n) is 5.25. The Morgan fingerprint density at radius 1 is 1.03 bits per heavy atom. The Bertz CT molecular complexity index is 1180. The number of hydrogen-bond donors (Lipinski definition) is 2. The Morgan fingerprint density at radius 3 is 2.33 bits per heavy atom. The summed E-state index contributed by atoms with van der Waals surface area (Å²) in [6, 6.07) is 15.8. The van der Waals surface area contributed by atoms with E-state index in [9.17, 15) is 13.2 Å². The summed E-state index contributed by atoms with van der Waals surface area (Å²) in [5, 5.41) is 9.85. The number of H-pyrrole nitrogens is 1. The molecule has 3 aromatic rings. The summed E-state index contributed by atoms with van der Waals surface area (Å²) in [6.45, 7) is 6.67. The minimum absolute atomic E-state index is 0.00685. The van der Waals surface area contributed by atoms with Crippen molar-refractivity contribution >= 4 is 21.7 Å². The van der Waals surface area contributed by atoms with Crippen LogP contribution in [0.4, 0.5) is 5.82 Å². The normalized spacial score (nSPS) is 14.5. The predicted octanol–water partition coefficient (Wildman–Crippen LogP) is 3.66. The van der Waals surface area contributed by atoms with Crippen molar-refractivity contribution in [2.45, 2.75) is 44.2 Å². The van der Waals surface area contributed by atoms with Crippen LogP contribution < -0.4 is 5.32 Å². The van der Waals surface area contributed by atoms with Gasteiger partial charge in [0.15, 0.2) is 0 Å². The molecule has 2 N–H and O–H groups in total. The van der Waals surface area contributed by atoms with E-state index in [1.807, 2.05) is 12.1 Å². The zero-order valence-electron chi connectivity index (χ0n) is 17.1. The maximum atomic E-state index is 12.9. The van der Waals surface area contributed by atoms with E-state index in [2.05, 4.69) is 36.3 Å². The molecule has 30 heavy (non-hydrogen) atoms. The second kappa shape index (κ2) is 7.37. The monoisotopic (exact) mass is 424 g/mol. The van der Waals surface area contributed by atoms with Crippen molar-refractivity contribution < 1.29 is 13.2 Å². The maximum Gasteiger partial charge on any atom is 0.256 e. The van der Waals surface area contributed by atoms with Crippen molar-refractivity contribution in [3.8, 4) is 0 Å². The van der Waals surface area contributed by atoms with Crippen molar-refractivity contribution in [1.29, 1.82) is 0 Å². The lowest BCUT2D eigenvalue weighted by molar-refractivity contribution is 0.102. The molecule has 156 valence electrons. The molecule has 0 fully saturated rings. The molecule has 0 atom stereocenters. The topological polar surface area (TPSA) is 95.2 Å². The average Bonchev–Trinajstić information content (AvgIpc) is 3.30. The van der Waals surface area contributed by atoms with Crippen molar-refractivity contribution in [1.82, 2.24) is 14.5 Å². The first kappa shape index (κ1) is 20.3. The van der Waals surface area contributed by atoms with Crippen LogP contribution in [0, 0.1) is 0 Å². The summed E-state index contributed by atoms with van der Waals surface area (Å²) < 4.78 is 27.1. The van der Waals surface area contributed by atoms with Gasteiger partial charge in [-0.1, -0.05) is 51.1 Å². The van der Waals surface area contributed by atoms with Crippen molar-refractivity contribution in [3.63, 3.8) is 0 Å². The van der Waals surface area contributed by atoms with Gasteiger partial charge >= 0.3 is 0 Å². The molecule has 2 heterocycles. The van der Waals surface area contributed by atoms with Crippen LogP contribution in [0.2, 0.25) is 0 Å². The number of carbonyl (C=O) groups excluding carboxylic acids is 1. The van der Waals surface area contributed by atoms with Gasteiger partial charge in [-0.2, -0.15) is 9.40 Å². The van der Waals surface area contributed by atoms with Gasteiger partial charge in [-0.15, -0.1) is 0 Å². The molecule has 4 rings (SSSR count). The average molecular weight is 425 g/mol. The van der Waals surface area contributed by atoms with Gasteiger partial charge in [0.1, 0.15) is 5.82 Å². The molecule has 0 aliphatic carbocycles. The number of sulfonamides is 1. The predicted molar refractivity (Wildman–Crippen MR) is 115 cm³/mol. The third kappa shape index (κ3) is 3.76. The molecule has 0 radical (unpaired) electrons. The van der Waals surface area contributed by atoms with Crippen LogP contribution in [0.15, 0.2) is 59.5 Å². The van der Waals surface area contributed by atoms with Gasteiger partial charge in [0.05, 0.1) is 17.1 Å². The molecule has 0 unspecified atom stereocenters. The molecule has 0 saturated heterocycles.